The molecule has 0 saturated carbocycles. The quantitative estimate of drug-likeness (QED) is 0.749. The molecule has 0 saturated heterocycles. The van der Waals surface area contributed by atoms with Gasteiger partial charge in [-0.15, -0.1) is 0 Å². The van der Waals surface area contributed by atoms with Gasteiger partial charge in [-0.2, -0.15) is 4.39 Å². The first-order chi connectivity index (χ1) is 7.58. The molecule has 0 aromatic carbocycles. The smallest absolute Gasteiger partial charge is 0.225 e. The van der Waals surface area contributed by atoms with Crippen molar-refractivity contribution in [2.75, 3.05) is 5.32 Å². The van der Waals surface area contributed by atoms with Gasteiger partial charge in [-0.3, -0.25) is 4.79 Å². The van der Waals surface area contributed by atoms with Gasteiger partial charge in [0.05, 0.1) is 0 Å². The number of nitrogens with one attached hydrogen (secondary N) is 1. The third-order valence-electron chi connectivity index (χ3n) is 2.05. The number of aromatic nitrogens is 1. The van der Waals surface area contributed by atoms with Crippen molar-refractivity contribution in [3.63, 3.8) is 0 Å². The van der Waals surface area contributed by atoms with Crippen LogP contribution in [0.1, 0.15) is 26.2 Å². The Balaban J connectivity index is 2.34. The van der Waals surface area contributed by atoms with E-state index in [-0.39, 0.29) is 17.8 Å². The van der Waals surface area contributed by atoms with E-state index in [1.165, 1.54) is 12.1 Å². The van der Waals surface area contributed by atoms with E-state index in [9.17, 15) is 9.18 Å². The van der Waals surface area contributed by atoms with E-state index >= 15 is 0 Å². The van der Waals surface area contributed by atoms with Crippen LogP contribution < -0.4 is 11.1 Å². The Morgan fingerprint density at radius 1 is 1.62 bits per heavy atom. The predicted molar refractivity (Wildman–Crippen MR) is 60.3 cm³/mol. The molecule has 1 aromatic rings. The minimum atomic E-state index is -0.603. The van der Waals surface area contributed by atoms with E-state index in [0.29, 0.717) is 6.42 Å². The maximum atomic E-state index is 12.7. The van der Waals surface area contributed by atoms with Gasteiger partial charge in [-0.1, -0.05) is 6.07 Å². The monoisotopic (exact) mass is 225 g/mol. The van der Waals surface area contributed by atoms with Crippen LogP contribution in [0.15, 0.2) is 18.2 Å². The van der Waals surface area contributed by atoms with E-state index in [4.69, 9.17) is 5.73 Å². The molecule has 16 heavy (non-hydrogen) atoms. The fourth-order valence-corrected chi connectivity index (χ4v) is 1.27. The number of amides is 1. The van der Waals surface area contributed by atoms with Crippen molar-refractivity contribution in [2.45, 2.75) is 32.2 Å². The van der Waals surface area contributed by atoms with Crippen molar-refractivity contribution >= 4 is 11.7 Å². The Hall–Kier alpha value is -1.49. The molecule has 1 heterocycles. The van der Waals surface area contributed by atoms with Gasteiger partial charge in [-0.05, 0) is 31.9 Å². The van der Waals surface area contributed by atoms with Crippen molar-refractivity contribution < 1.29 is 9.18 Å². The van der Waals surface area contributed by atoms with E-state index < -0.39 is 5.95 Å². The number of hydrogen-bond acceptors (Lipinski definition) is 3. The number of anilines is 1. The van der Waals surface area contributed by atoms with Crippen LogP contribution in [0.3, 0.4) is 0 Å². The highest BCUT2D eigenvalue weighted by Crippen LogP contribution is 2.05. The maximum absolute atomic E-state index is 12.7. The third kappa shape index (κ3) is 4.84. The van der Waals surface area contributed by atoms with Crippen LogP contribution in [0.2, 0.25) is 0 Å². The molecule has 1 atom stereocenters. The molecule has 5 heteroatoms. The molecule has 4 nitrogen and oxygen atoms in total. The molecule has 0 aliphatic rings. The standard InChI is InChI=1S/C11H16FN3O/c1-8(13)4-2-7-11(16)15-10-6-3-5-9(12)14-10/h3,5-6,8H,2,4,7,13H2,1H3,(H,14,15,16). The lowest BCUT2D eigenvalue weighted by Gasteiger charge is -2.05. The normalized spacial score (nSPS) is 12.2. The fourth-order valence-electron chi connectivity index (χ4n) is 1.27. The largest absolute Gasteiger partial charge is 0.328 e. The van der Waals surface area contributed by atoms with Crippen LogP contribution in [0.4, 0.5) is 10.2 Å². The summed E-state index contributed by atoms with van der Waals surface area (Å²) in [6.45, 7) is 1.89. The van der Waals surface area contributed by atoms with E-state index in [1.54, 1.807) is 6.07 Å². The summed E-state index contributed by atoms with van der Waals surface area (Å²) < 4.78 is 12.7. The molecular weight excluding hydrogens is 209 g/mol. The van der Waals surface area contributed by atoms with Gasteiger partial charge in [0.15, 0.2) is 0 Å². The maximum Gasteiger partial charge on any atom is 0.225 e. The minimum absolute atomic E-state index is 0.0973. The van der Waals surface area contributed by atoms with Gasteiger partial charge >= 0.3 is 0 Å². The molecule has 88 valence electrons. The average Bonchev–Trinajstić information content (AvgIpc) is 2.16. The Morgan fingerprint density at radius 3 is 3.00 bits per heavy atom. The summed E-state index contributed by atoms with van der Waals surface area (Å²) in [5, 5.41) is 2.53. The highest BCUT2D eigenvalue weighted by Gasteiger charge is 2.04. The Bertz CT molecular complexity index is 355. The van der Waals surface area contributed by atoms with Crippen LogP contribution in [-0.2, 0) is 4.79 Å². The molecule has 0 bridgehead atoms. The first-order valence-electron chi connectivity index (χ1n) is 5.26. The van der Waals surface area contributed by atoms with Crippen LogP contribution in [0.25, 0.3) is 0 Å². The first-order valence-corrected chi connectivity index (χ1v) is 5.26. The second kappa shape index (κ2) is 6.17. The van der Waals surface area contributed by atoms with E-state index in [2.05, 4.69) is 10.3 Å². The molecular formula is C11H16FN3O. The summed E-state index contributed by atoms with van der Waals surface area (Å²) in [5.74, 6) is -0.530. The summed E-state index contributed by atoms with van der Waals surface area (Å²) in [6.07, 6.45) is 1.89. The Labute approximate surface area is 94.1 Å². The highest BCUT2D eigenvalue weighted by molar-refractivity contribution is 5.89. The molecule has 0 fully saturated rings. The highest BCUT2D eigenvalue weighted by atomic mass is 19.1. The molecule has 1 rings (SSSR count). The molecule has 1 amide bonds. The number of rotatable bonds is 5. The van der Waals surface area contributed by atoms with Gasteiger partial charge in [0.1, 0.15) is 5.82 Å². The van der Waals surface area contributed by atoms with Gasteiger partial charge in [0.2, 0.25) is 11.9 Å². The van der Waals surface area contributed by atoms with Crippen LogP contribution in [-0.4, -0.2) is 16.9 Å². The number of nitrogens with two attached hydrogens (primary N) is 1. The number of nitrogens with zero attached hydrogens (tertiary/aromatic N) is 1. The van der Waals surface area contributed by atoms with Crippen molar-refractivity contribution in [3.8, 4) is 0 Å². The van der Waals surface area contributed by atoms with Crippen molar-refractivity contribution in [1.29, 1.82) is 0 Å². The van der Waals surface area contributed by atoms with Gasteiger partial charge in [0.25, 0.3) is 0 Å². The van der Waals surface area contributed by atoms with Crippen LogP contribution in [0, 0.1) is 5.95 Å². The lowest BCUT2D eigenvalue weighted by Crippen LogP contribution is -2.17. The molecule has 3 N–H and O–H groups in total. The van der Waals surface area contributed by atoms with Gasteiger partial charge in [-0.25, -0.2) is 4.98 Å². The summed E-state index contributed by atoms with van der Waals surface area (Å²) >= 11 is 0. The average molecular weight is 225 g/mol. The summed E-state index contributed by atoms with van der Waals surface area (Å²) in [5.41, 5.74) is 5.56. The first kappa shape index (κ1) is 12.6. The summed E-state index contributed by atoms with van der Waals surface area (Å²) in [7, 11) is 0. The van der Waals surface area contributed by atoms with Crippen molar-refractivity contribution in [2.24, 2.45) is 5.73 Å². The van der Waals surface area contributed by atoms with Crippen molar-refractivity contribution in [1.82, 2.24) is 4.98 Å². The summed E-state index contributed by atoms with van der Waals surface area (Å²) in [6, 6.07) is 4.37. The Kier molecular flexibility index (Phi) is 4.85. The molecule has 0 aliphatic heterocycles. The molecule has 0 spiro atoms. The molecule has 0 aliphatic carbocycles. The minimum Gasteiger partial charge on any atom is -0.328 e. The fraction of sp³-hybridized carbons (Fsp3) is 0.455. The lowest BCUT2D eigenvalue weighted by molar-refractivity contribution is -0.116. The second-order valence-corrected chi connectivity index (χ2v) is 3.76. The number of carbonyl (C=O) groups excluding carboxylic acids is 1. The zero-order valence-corrected chi connectivity index (χ0v) is 9.24. The Morgan fingerprint density at radius 2 is 2.38 bits per heavy atom. The molecule has 1 aromatic heterocycles. The molecule has 1 unspecified atom stereocenters. The summed E-state index contributed by atoms with van der Waals surface area (Å²) in [4.78, 5) is 14.9. The van der Waals surface area contributed by atoms with Crippen molar-refractivity contribution in [3.05, 3.63) is 24.1 Å². The predicted octanol–water partition coefficient (Wildman–Crippen LogP) is 1.68. The number of hydrogen-bond donors (Lipinski definition) is 2. The lowest BCUT2D eigenvalue weighted by atomic mass is 10.1. The number of pyridine rings is 1. The van der Waals surface area contributed by atoms with E-state index in [0.717, 1.165) is 12.8 Å². The zero-order chi connectivity index (χ0) is 12.0. The van der Waals surface area contributed by atoms with Crippen LogP contribution >= 0.6 is 0 Å². The number of carbonyl (C=O) groups is 1. The van der Waals surface area contributed by atoms with Gasteiger partial charge < -0.3 is 11.1 Å². The second-order valence-electron chi connectivity index (χ2n) is 3.76. The third-order valence-corrected chi connectivity index (χ3v) is 2.05. The zero-order valence-electron chi connectivity index (χ0n) is 9.24. The SMILES string of the molecule is CC(N)CCCC(=O)Nc1cccc(F)n1. The molecule has 0 radical (unpaired) electrons. The topological polar surface area (TPSA) is 68.0 Å². The number of halogens is 1. The van der Waals surface area contributed by atoms with E-state index in [1.807, 2.05) is 6.92 Å². The van der Waals surface area contributed by atoms with Gasteiger partial charge in [0, 0.05) is 12.5 Å². The van der Waals surface area contributed by atoms with Crippen LogP contribution in [0.5, 0.6) is 0 Å².